The van der Waals surface area contributed by atoms with E-state index in [0.29, 0.717) is 0 Å². The molecule has 13 heteroatoms. The summed E-state index contributed by atoms with van der Waals surface area (Å²) in [6, 6.07) is 0. The standard InChI is InChI=1S/C13H36O6Si7/c1-13-24(10,18-25(11,14-20(2)3)15-21(4)5)19-26(12,16-22(6)7)17-23(8)9/h13H,1H2,2-12H3. The molecule has 0 aliphatic heterocycles. The van der Waals surface area contributed by atoms with E-state index >= 15 is 0 Å². The SMILES string of the molecule is C=C[Si](C)(O[Si](C)(O[Si](C)C)O[Si](C)C)O[Si](C)(O[Si](C)C)O[Si](C)C. The smallest absolute Gasteiger partial charge is 0.417 e. The van der Waals surface area contributed by atoms with Crippen molar-refractivity contribution in [1.82, 2.24) is 0 Å². The molecule has 0 atom stereocenters. The van der Waals surface area contributed by atoms with Gasteiger partial charge in [0.1, 0.15) is 0 Å². The van der Waals surface area contributed by atoms with E-state index < -0.39 is 62.3 Å². The Labute approximate surface area is 171 Å². The average molecular weight is 485 g/mol. The lowest BCUT2D eigenvalue weighted by Crippen LogP contribution is -2.61. The molecule has 0 N–H and O–H groups in total. The molecule has 0 fully saturated rings. The minimum Gasteiger partial charge on any atom is -0.417 e. The van der Waals surface area contributed by atoms with Gasteiger partial charge in [0.2, 0.25) is 0 Å². The molecule has 0 aliphatic carbocycles. The molecule has 0 bridgehead atoms. The van der Waals surface area contributed by atoms with Crippen LogP contribution in [0.15, 0.2) is 12.3 Å². The molecule has 0 amide bonds. The van der Waals surface area contributed by atoms with Gasteiger partial charge < -0.3 is 24.7 Å². The van der Waals surface area contributed by atoms with Crippen LogP contribution in [-0.4, -0.2) is 62.3 Å². The highest BCUT2D eigenvalue weighted by molar-refractivity contribution is 6.90. The predicted octanol–water partition coefficient (Wildman–Crippen LogP) is 4.03. The van der Waals surface area contributed by atoms with Crippen LogP contribution >= 0.6 is 0 Å². The Balaban J connectivity index is 5.57. The fourth-order valence-corrected chi connectivity index (χ4v) is 24.7. The highest BCUT2D eigenvalue weighted by Gasteiger charge is 2.50. The van der Waals surface area contributed by atoms with E-state index in [0.717, 1.165) is 0 Å². The van der Waals surface area contributed by atoms with Crippen LogP contribution in [-0.2, 0) is 24.7 Å². The topological polar surface area (TPSA) is 55.4 Å². The van der Waals surface area contributed by atoms with Gasteiger partial charge in [-0.1, -0.05) is 5.70 Å². The van der Waals surface area contributed by atoms with Crippen molar-refractivity contribution in [3.05, 3.63) is 12.3 Å². The van der Waals surface area contributed by atoms with Crippen LogP contribution in [0.25, 0.3) is 0 Å². The zero-order chi connectivity index (χ0) is 20.8. The Hall–Kier alpha value is 1.02. The lowest BCUT2D eigenvalue weighted by Gasteiger charge is -2.41. The van der Waals surface area contributed by atoms with Gasteiger partial charge in [-0.25, -0.2) is 0 Å². The van der Waals surface area contributed by atoms with E-state index in [1.165, 1.54) is 0 Å². The van der Waals surface area contributed by atoms with Gasteiger partial charge in [-0.2, -0.15) is 0 Å². The highest BCUT2D eigenvalue weighted by Crippen LogP contribution is 2.26. The molecule has 152 valence electrons. The minimum absolute atomic E-state index is 0.977. The molecule has 4 radical (unpaired) electrons. The minimum atomic E-state index is -2.83. The van der Waals surface area contributed by atoms with Crippen molar-refractivity contribution in [3.63, 3.8) is 0 Å². The van der Waals surface area contributed by atoms with Gasteiger partial charge >= 0.3 is 26.2 Å². The molecule has 0 rings (SSSR count). The summed E-state index contributed by atoms with van der Waals surface area (Å²) in [5, 5.41) is 0. The molecule has 0 spiro atoms. The lowest BCUT2D eigenvalue weighted by atomic mass is 11.3. The van der Waals surface area contributed by atoms with E-state index in [-0.39, 0.29) is 0 Å². The van der Waals surface area contributed by atoms with Crippen LogP contribution in [0, 0.1) is 0 Å². The Morgan fingerprint density at radius 1 is 0.577 bits per heavy atom. The number of hydrogen-bond acceptors (Lipinski definition) is 6. The van der Waals surface area contributed by atoms with Crippen molar-refractivity contribution in [2.75, 3.05) is 0 Å². The van der Waals surface area contributed by atoms with Gasteiger partial charge in [0, 0.05) is 13.1 Å². The highest BCUT2D eigenvalue weighted by atomic mass is 28.5. The molecule has 0 heterocycles. The molecule has 0 aromatic heterocycles. The Morgan fingerprint density at radius 3 is 0.962 bits per heavy atom. The molecule has 0 aromatic rings. The summed E-state index contributed by atoms with van der Waals surface area (Å²) >= 11 is 0. The molecule has 0 saturated carbocycles. The molecule has 26 heavy (non-hydrogen) atoms. The van der Waals surface area contributed by atoms with E-state index in [2.05, 4.69) is 59.0 Å². The second kappa shape index (κ2) is 11.3. The fraction of sp³-hybridized carbons (Fsp3) is 0.846. The van der Waals surface area contributed by atoms with Crippen molar-refractivity contribution in [2.45, 2.75) is 72.0 Å². The summed E-state index contributed by atoms with van der Waals surface area (Å²) < 4.78 is 37.8. The van der Waals surface area contributed by atoms with Crippen LogP contribution in [0.1, 0.15) is 0 Å². The lowest BCUT2D eigenvalue weighted by molar-refractivity contribution is 0.210. The zero-order valence-electron chi connectivity index (χ0n) is 18.2. The third-order valence-corrected chi connectivity index (χ3v) is 22.1. The second-order valence-corrected chi connectivity index (χ2v) is 25.2. The van der Waals surface area contributed by atoms with Crippen LogP contribution in [0.3, 0.4) is 0 Å². The predicted molar refractivity (Wildman–Crippen MR) is 121 cm³/mol. The molecule has 0 aliphatic rings. The Kier molecular flexibility index (Phi) is 11.7. The largest absolute Gasteiger partial charge is 0.467 e. The normalized spacial score (nSPS) is 14.1. The molecular formula is C13H36O6Si7. The fourth-order valence-electron chi connectivity index (χ4n) is 2.45. The molecule has 0 unspecified atom stereocenters. The first kappa shape index (κ1) is 27.0. The first-order valence-electron chi connectivity index (χ1n) is 8.65. The third-order valence-electron chi connectivity index (χ3n) is 2.70. The monoisotopic (exact) mass is 484 g/mol. The van der Waals surface area contributed by atoms with Crippen molar-refractivity contribution >= 4 is 62.3 Å². The summed E-state index contributed by atoms with van der Waals surface area (Å²) in [5.41, 5.74) is 1.79. The first-order valence-corrected chi connectivity index (χ1v) is 25.1. The summed E-state index contributed by atoms with van der Waals surface area (Å²) in [5.74, 6) is 0. The van der Waals surface area contributed by atoms with Crippen LogP contribution < -0.4 is 0 Å². The second-order valence-electron chi connectivity index (χ2n) is 7.19. The molecule has 6 nitrogen and oxygen atoms in total. The maximum absolute atomic E-state index is 6.50. The van der Waals surface area contributed by atoms with Crippen molar-refractivity contribution in [1.29, 1.82) is 0 Å². The van der Waals surface area contributed by atoms with Gasteiger partial charge in [0.25, 0.3) is 0 Å². The first-order chi connectivity index (χ1) is 11.6. The maximum Gasteiger partial charge on any atom is 0.467 e. The Bertz CT molecular complexity index is 383. The van der Waals surface area contributed by atoms with E-state index in [1.807, 2.05) is 19.6 Å². The summed E-state index contributed by atoms with van der Waals surface area (Å²) in [4.78, 5) is 0. The average Bonchev–Trinajstić information content (AvgIpc) is 2.32. The maximum atomic E-state index is 6.50. The van der Waals surface area contributed by atoms with Crippen molar-refractivity contribution < 1.29 is 24.7 Å². The van der Waals surface area contributed by atoms with Crippen LogP contribution in [0.4, 0.5) is 0 Å². The number of hydrogen-bond donors (Lipinski definition) is 0. The number of rotatable bonds is 13. The van der Waals surface area contributed by atoms with Crippen molar-refractivity contribution in [2.24, 2.45) is 0 Å². The summed E-state index contributed by atoms with van der Waals surface area (Å²) in [6.45, 7) is 26.6. The van der Waals surface area contributed by atoms with Gasteiger partial charge in [-0.3, -0.25) is 0 Å². The Morgan fingerprint density at radius 2 is 0.808 bits per heavy atom. The van der Waals surface area contributed by atoms with Gasteiger partial charge in [0.15, 0.2) is 36.2 Å². The molecular weight excluding hydrogens is 449 g/mol. The van der Waals surface area contributed by atoms with E-state index in [1.54, 1.807) is 5.70 Å². The van der Waals surface area contributed by atoms with Gasteiger partial charge in [0.05, 0.1) is 0 Å². The van der Waals surface area contributed by atoms with Crippen LogP contribution in [0.2, 0.25) is 72.0 Å². The third kappa shape index (κ3) is 11.1. The summed E-state index contributed by atoms with van der Waals surface area (Å²) in [7, 11) is -12.4. The molecule has 0 saturated heterocycles. The molecule has 0 aromatic carbocycles. The van der Waals surface area contributed by atoms with Crippen LogP contribution in [0.5, 0.6) is 0 Å². The van der Waals surface area contributed by atoms with Crippen molar-refractivity contribution in [3.8, 4) is 0 Å². The quantitative estimate of drug-likeness (QED) is 0.368. The van der Waals surface area contributed by atoms with E-state index in [4.69, 9.17) is 24.7 Å². The summed E-state index contributed by atoms with van der Waals surface area (Å²) in [6.07, 6.45) is 0. The zero-order valence-corrected chi connectivity index (χ0v) is 25.2. The van der Waals surface area contributed by atoms with Gasteiger partial charge in [-0.15, -0.1) is 6.58 Å². The van der Waals surface area contributed by atoms with E-state index in [9.17, 15) is 0 Å². The van der Waals surface area contributed by atoms with Gasteiger partial charge in [-0.05, 0) is 58.9 Å².